The van der Waals surface area contributed by atoms with Crippen LogP contribution in [0.4, 0.5) is 79.4 Å². The van der Waals surface area contributed by atoms with Crippen molar-refractivity contribution in [1.29, 1.82) is 0 Å². The van der Waals surface area contributed by atoms with Crippen LogP contribution in [0.5, 0.6) is 0 Å². The second kappa shape index (κ2) is 40.8. The van der Waals surface area contributed by atoms with Gasteiger partial charge >= 0.3 is 0 Å². The molecule has 0 saturated carbocycles. The Balaban J connectivity index is 0.000000121. The van der Waals surface area contributed by atoms with E-state index in [2.05, 4.69) is 185 Å². The van der Waals surface area contributed by atoms with Gasteiger partial charge in [0.15, 0.2) is 0 Å². The van der Waals surface area contributed by atoms with E-state index in [-0.39, 0.29) is 6.67 Å². The number of aryl methyl sites for hydroxylation is 6. The van der Waals surface area contributed by atoms with Gasteiger partial charge in [0.05, 0.1) is 100 Å². The number of fused-ring (bicyclic) bond motifs is 13. The molecule has 9 N–H and O–H groups in total. The maximum atomic E-state index is 12.6. The van der Waals surface area contributed by atoms with Gasteiger partial charge in [0, 0.05) is 204 Å². The standard InChI is InChI=1S/C26H30N6S.C24H25ClFN7S.C24H25ClN6S.C23H24N6S/c1-17-6-7-21-23(12-17)29-24(33)14-20-16-28-26(31-25(20)21)30-22-13-19(15-27-18(22)2)8-11-32-9-4-3-5-10-32;1-15-20(12-18(14-27-15)33-8-6-32(5-4-26)7-9-33)30-24-28-13-16-10-22(34)29-21-11-17(25)2-3-19(21)23(16)31-24;1-14-20(5-3-18(28-14)10-15-6-8-26-9-7-15)30-24-27-13-16-11-22(32)29-21-12-17(25)2-4-19(21)23(16)31-24;1-13-4-5-17-20(8-13)26-21(30)10-15-11-24-23(28-22(15)17)27-19-9-16-12-29(3)7-6-18(16)25-14(19)2/h6-7,12-13,15-16H,3-5,8-11,14H2,1-2H3,(H,29,33)(H,28,30,31);2-3,11-14H,4-10H2,1H3,(H,29,34)(H,28,30,31);2-5,12-13,15,26H,6-11H2,1H3,(H,29,32)(H,27,30,31);4-5,8-9,11H,6-7,10,12H2,1-3H3,(H,26,30)(H,24,27,28). The second-order valence-electron chi connectivity index (χ2n) is 34.2. The summed E-state index contributed by atoms with van der Waals surface area (Å²) in [6.45, 7) is 23.4. The van der Waals surface area contributed by atoms with Gasteiger partial charge in [-0.2, -0.15) is 0 Å². The zero-order valence-corrected chi connectivity index (χ0v) is 78.2. The quantitative estimate of drug-likeness (QED) is 0.0407. The third kappa shape index (κ3) is 22.3. The van der Waals surface area contributed by atoms with Crippen molar-refractivity contribution in [2.24, 2.45) is 5.92 Å². The molecule has 3 fully saturated rings. The summed E-state index contributed by atoms with van der Waals surface area (Å²) in [7, 11) is 2.14. The first-order chi connectivity index (χ1) is 62.5. The van der Waals surface area contributed by atoms with Gasteiger partial charge < -0.3 is 62.6 Å². The lowest BCUT2D eigenvalue weighted by atomic mass is 9.93. The van der Waals surface area contributed by atoms with Gasteiger partial charge in [0.25, 0.3) is 0 Å². The molecule has 12 aromatic rings. The predicted octanol–water partition coefficient (Wildman–Crippen LogP) is 19.1. The Hall–Kier alpha value is -11.3. The van der Waals surface area contributed by atoms with Crippen molar-refractivity contribution in [3.8, 4) is 45.0 Å². The van der Waals surface area contributed by atoms with E-state index in [0.717, 1.165) is 240 Å². The van der Waals surface area contributed by atoms with Crippen LogP contribution in [0.1, 0.15) is 111 Å². The number of likely N-dealkylation sites (N-methyl/N-ethyl adjacent to an activating group) is 1. The van der Waals surface area contributed by atoms with Crippen molar-refractivity contribution in [2.45, 2.75) is 125 Å². The Morgan fingerprint density at radius 2 is 0.876 bits per heavy atom. The summed E-state index contributed by atoms with van der Waals surface area (Å²) in [6.07, 6.45) is 23.2. The van der Waals surface area contributed by atoms with Crippen LogP contribution in [0.2, 0.25) is 10.0 Å². The molecule has 8 aliphatic rings. The average molecular weight is 1840 g/mol. The fourth-order valence-electron chi connectivity index (χ4n) is 17.4. The van der Waals surface area contributed by atoms with E-state index in [1.807, 2.05) is 101 Å². The zero-order chi connectivity index (χ0) is 89.3. The number of pyridine rings is 4. The minimum absolute atomic E-state index is 0.305. The normalized spacial score (nSPS) is 15.8. The number of halogens is 3. The first-order valence-electron chi connectivity index (χ1n) is 44.1. The maximum Gasteiger partial charge on any atom is 0.227 e. The van der Waals surface area contributed by atoms with Gasteiger partial charge in [0.1, 0.15) is 6.67 Å². The molecule has 0 unspecified atom stereocenters. The molecule has 32 heteroatoms. The van der Waals surface area contributed by atoms with Crippen molar-refractivity contribution in [2.75, 3.05) is 133 Å². The van der Waals surface area contributed by atoms with Crippen LogP contribution >= 0.6 is 72.1 Å². The Morgan fingerprint density at radius 1 is 0.426 bits per heavy atom. The maximum absolute atomic E-state index is 12.6. The summed E-state index contributed by atoms with van der Waals surface area (Å²) >= 11 is 34.4. The first kappa shape index (κ1) is 89.7. The lowest BCUT2D eigenvalue weighted by Gasteiger charge is -2.35. The number of aromatic nitrogens is 12. The number of nitrogens with one attached hydrogen (secondary N) is 9. The molecule has 16 heterocycles. The smallest absolute Gasteiger partial charge is 0.227 e. The highest BCUT2D eigenvalue weighted by Gasteiger charge is 2.28. The van der Waals surface area contributed by atoms with Crippen LogP contribution in [0, 0.1) is 47.5 Å². The topological polar surface area (TPSA) is 276 Å². The molecule has 662 valence electrons. The highest BCUT2D eigenvalue weighted by Crippen LogP contribution is 2.41. The number of hydrogen-bond acceptors (Lipinski definition) is 25. The van der Waals surface area contributed by atoms with Crippen molar-refractivity contribution < 1.29 is 4.39 Å². The van der Waals surface area contributed by atoms with Crippen LogP contribution < -0.4 is 52.8 Å². The Labute approximate surface area is 783 Å². The van der Waals surface area contributed by atoms with E-state index >= 15 is 0 Å². The molecule has 3 saturated heterocycles. The number of piperidine rings is 2. The predicted molar refractivity (Wildman–Crippen MR) is 536 cm³/mol. The van der Waals surface area contributed by atoms with Crippen molar-refractivity contribution in [1.82, 2.24) is 79.8 Å². The largest absolute Gasteiger partial charge is 0.368 e. The monoisotopic (exact) mass is 1840 g/mol. The number of piperazine rings is 1. The van der Waals surface area contributed by atoms with Crippen LogP contribution in [0.15, 0.2) is 140 Å². The number of alkyl halides is 1. The molecule has 129 heavy (non-hydrogen) atoms. The van der Waals surface area contributed by atoms with Crippen LogP contribution in [-0.4, -0.2) is 180 Å². The van der Waals surface area contributed by atoms with Crippen molar-refractivity contribution in [3.05, 3.63) is 229 Å². The first-order valence-corrected chi connectivity index (χ1v) is 46.5. The number of hydrogen-bond donors (Lipinski definition) is 9. The van der Waals surface area contributed by atoms with Crippen LogP contribution in [0.3, 0.4) is 0 Å². The molecular weight excluding hydrogens is 1730 g/mol. The molecule has 4 aromatic carbocycles. The van der Waals surface area contributed by atoms with Crippen LogP contribution in [-0.2, 0) is 51.5 Å². The highest BCUT2D eigenvalue weighted by atomic mass is 35.5. The summed E-state index contributed by atoms with van der Waals surface area (Å²) < 4.78 is 12.6. The zero-order valence-electron chi connectivity index (χ0n) is 73.5. The molecule has 0 bridgehead atoms. The number of nitrogens with zero attached hydrogens (tertiary/aromatic N) is 16. The molecule has 8 aromatic heterocycles. The van der Waals surface area contributed by atoms with Gasteiger partial charge in [-0.15, -0.1) is 0 Å². The van der Waals surface area contributed by atoms with E-state index in [1.165, 1.54) is 73.1 Å². The number of anilines is 13. The fourth-order valence-corrected chi connectivity index (χ4v) is 18.8. The summed E-state index contributed by atoms with van der Waals surface area (Å²) in [5.74, 6) is 2.88. The van der Waals surface area contributed by atoms with Gasteiger partial charge in [0.2, 0.25) is 23.8 Å². The van der Waals surface area contributed by atoms with Crippen molar-refractivity contribution >= 4 is 167 Å². The van der Waals surface area contributed by atoms with Gasteiger partial charge in [-0.05, 0) is 220 Å². The number of likely N-dealkylation sites (tertiary alicyclic amines) is 1. The highest BCUT2D eigenvalue weighted by molar-refractivity contribution is 7.81. The molecule has 25 nitrogen and oxygen atoms in total. The lowest BCUT2D eigenvalue weighted by molar-refractivity contribution is 0.231. The molecular formula is C97H104Cl2FN25S4. The molecule has 0 amide bonds. The molecule has 0 spiro atoms. The summed E-state index contributed by atoms with van der Waals surface area (Å²) in [4.78, 5) is 68.9. The Morgan fingerprint density at radius 3 is 1.37 bits per heavy atom. The minimum atomic E-state index is -0.305. The summed E-state index contributed by atoms with van der Waals surface area (Å²) in [5.41, 5.74) is 30.8. The van der Waals surface area contributed by atoms with Gasteiger partial charge in [-0.3, -0.25) is 24.8 Å². The third-order valence-electron chi connectivity index (χ3n) is 24.5. The summed E-state index contributed by atoms with van der Waals surface area (Å²) in [5, 5.41) is 31.5. The molecule has 20 rings (SSSR count). The number of benzene rings is 4. The van der Waals surface area contributed by atoms with E-state index < -0.39 is 0 Å². The summed E-state index contributed by atoms with van der Waals surface area (Å²) in [6, 6.07) is 34.7. The second-order valence-corrected chi connectivity index (χ2v) is 37.0. The van der Waals surface area contributed by atoms with E-state index in [9.17, 15) is 4.39 Å². The number of rotatable bonds is 16. The SMILES string of the molecule is Cc1ccc2c(c1)NC(=S)Cc1cnc(Nc3cc(CCN4CCCCC4)cnc3C)nc1-2.Cc1ccc2c(c1)NC(=S)Cc1cnc(Nc3cc4c(nc3C)CCN(C)C4)nc1-2.Cc1nc(CC2CCNCC2)ccc1Nc1ncc2c(n1)-c1ccc(Cl)cc1NC(=S)C2.Cc1ncc(N2CCN(CCF)CC2)cc1Nc1ncc2c(n1)-c1ccc(Cl)cc1NC(=S)C2. The average Bonchev–Trinajstić information content (AvgIpc) is 1.69. The van der Waals surface area contributed by atoms with E-state index in [1.54, 1.807) is 0 Å². The molecule has 0 atom stereocenters. The lowest BCUT2D eigenvalue weighted by Crippen LogP contribution is -2.47. The van der Waals surface area contributed by atoms with Gasteiger partial charge in [-0.25, -0.2) is 44.3 Å². The van der Waals surface area contributed by atoms with E-state index in [0.29, 0.717) is 77.0 Å². The molecule has 0 radical (unpaired) electrons. The molecule has 8 aliphatic heterocycles. The van der Waals surface area contributed by atoms with Crippen LogP contribution in [0.25, 0.3) is 45.0 Å². The van der Waals surface area contributed by atoms with Crippen molar-refractivity contribution in [3.63, 3.8) is 0 Å². The van der Waals surface area contributed by atoms with Gasteiger partial charge in [-0.1, -0.05) is 103 Å². The number of thiocarbonyl (C=S) groups is 4. The Kier molecular flexibility index (Phi) is 28.4. The Bertz CT molecular complexity index is 6260. The fraction of sp³-hybridized carbons (Fsp3) is 0.340. The third-order valence-corrected chi connectivity index (χ3v) is 25.9. The minimum Gasteiger partial charge on any atom is -0.368 e. The van der Waals surface area contributed by atoms with E-state index in [4.69, 9.17) is 102 Å². The molecule has 0 aliphatic carbocycles.